The van der Waals surface area contributed by atoms with E-state index in [1.165, 1.54) is 0 Å². The lowest BCUT2D eigenvalue weighted by Gasteiger charge is -2.19. The molecule has 1 aromatic rings. The van der Waals surface area contributed by atoms with Gasteiger partial charge in [0, 0.05) is 24.2 Å². The molecule has 0 saturated carbocycles. The van der Waals surface area contributed by atoms with Crippen LogP contribution in [0.15, 0.2) is 24.3 Å². The molecule has 1 rings (SSSR count). The summed E-state index contributed by atoms with van der Waals surface area (Å²) in [5.74, 6) is 0.0801. The number of carbonyl (C=O) groups excluding carboxylic acids is 2. The van der Waals surface area contributed by atoms with Gasteiger partial charge in [-0.05, 0) is 51.0 Å². The molecule has 0 bridgehead atoms. The smallest absolute Gasteiger partial charge is 0.251 e. The first-order chi connectivity index (χ1) is 12.2. The number of nitrogens with one attached hydrogen (secondary N) is 2. The van der Waals surface area contributed by atoms with Crippen molar-refractivity contribution in [2.75, 3.05) is 32.9 Å². The topological polar surface area (TPSA) is 76.7 Å². The second-order valence-electron chi connectivity index (χ2n) is 7.51. The first kappa shape index (κ1) is 22.1. The van der Waals surface area contributed by atoms with E-state index in [-0.39, 0.29) is 17.4 Å². The molecule has 0 aliphatic heterocycles. The van der Waals surface area contributed by atoms with Crippen molar-refractivity contribution in [3.05, 3.63) is 35.4 Å². The van der Waals surface area contributed by atoms with Gasteiger partial charge in [-0.15, -0.1) is 0 Å². The third kappa shape index (κ3) is 9.53. The molecule has 2 N–H and O–H groups in total. The highest BCUT2D eigenvalue weighted by atomic mass is 16.5. The van der Waals surface area contributed by atoms with Crippen LogP contribution in [0.3, 0.4) is 0 Å². The van der Waals surface area contributed by atoms with Crippen LogP contribution >= 0.6 is 0 Å². The van der Waals surface area contributed by atoms with Gasteiger partial charge in [-0.25, -0.2) is 0 Å². The van der Waals surface area contributed by atoms with Crippen LogP contribution in [0.2, 0.25) is 0 Å². The highest BCUT2D eigenvalue weighted by molar-refractivity contribution is 5.97. The number of rotatable bonds is 10. The van der Waals surface area contributed by atoms with Crippen molar-refractivity contribution in [2.24, 2.45) is 5.92 Å². The maximum Gasteiger partial charge on any atom is 0.251 e. The lowest BCUT2D eigenvalue weighted by Crippen LogP contribution is -2.29. The summed E-state index contributed by atoms with van der Waals surface area (Å²) < 4.78 is 11.0. The Morgan fingerprint density at radius 1 is 0.923 bits per heavy atom. The zero-order valence-corrected chi connectivity index (χ0v) is 16.6. The standard InChI is InChI=1S/C20H32N2O4/c1-15(2)14-22-19(24)17-8-6-16(7-9-17)18(23)21-10-11-25-12-13-26-20(3,4)5/h6-9,15H,10-14H2,1-5H3,(H,21,23)(H,22,24). The van der Waals surface area contributed by atoms with E-state index in [1.807, 2.05) is 34.6 Å². The maximum atomic E-state index is 12.1. The van der Waals surface area contributed by atoms with Crippen molar-refractivity contribution >= 4 is 11.8 Å². The molecule has 0 aromatic heterocycles. The molecule has 0 atom stereocenters. The molecule has 0 aliphatic carbocycles. The average Bonchev–Trinajstić information content (AvgIpc) is 2.57. The van der Waals surface area contributed by atoms with Crippen LogP contribution in [0, 0.1) is 5.92 Å². The summed E-state index contributed by atoms with van der Waals surface area (Å²) in [6.45, 7) is 12.5. The summed E-state index contributed by atoms with van der Waals surface area (Å²) >= 11 is 0. The summed E-state index contributed by atoms with van der Waals surface area (Å²) in [6.07, 6.45) is 0. The van der Waals surface area contributed by atoms with Crippen molar-refractivity contribution in [3.63, 3.8) is 0 Å². The number of carbonyl (C=O) groups is 2. The van der Waals surface area contributed by atoms with E-state index in [0.29, 0.717) is 50.0 Å². The van der Waals surface area contributed by atoms with E-state index in [4.69, 9.17) is 9.47 Å². The zero-order chi connectivity index (χ0) is 19.6. The Morgan fingerprint density at radius 3 is 1.96 bits per heavy atom. The molecular weight excluding hydrogens is 332 g/mol. The molecule has 0 unspecified atom stereocenters. The van der Waals surface area contributed by atoms with Crippen LogP contribution in [0.5, 0.6) is 0 Å². The summed E-state index contributed by atoms with van der Waals surface area (Å²) in [6, 6.07) is 6.62. The molecule has 2 amide bonds. The van der Waals surface area contributed by atoms with Crippen molar-refractivity contribution in [1.29, 1.82) is 0 Å². The van der Waals surface area contributed by atoms with E-state index >= 15 is 0 Å². The van der Waals surface area contributed by atoms with Gasteiger partial charge in [-0.1, -0.05) is 13.8 Å². The fraction of sp³-hybridized carbons (Fsp3) is 0.600. The third-order valence-electron chi connectivity index (χ3n) is 3.37. The van der Waals surface area contributed by atoms with E-state index in [2.05, 4.69) is 10.6 Å². The SMILES string of the molecule is CC(C)CNC(=O)c1ccc(C(=O)NCCOCCOC(C)(C)C)cc1. The van der Waals surface area contributed by atoms with Crippen molar-refractivity contribution < 1.29 is 19.1 Å². The van der Waals surface area contributed by atoms with Crippen LogP contribution in [0.4, 0.5) is 0 Å². The molecule has 1 aromatic carbocycles. The maximum absolute atomic E-state index is 12.1. The molecule has 0 fully saturated rings. The number of hydrogen-bond donors (Lipinski definition) is 2. The Hall–Kier alpha value is -1.92. The fourth-order valence-corrected chi connectivity index (χ4v) is 2.02. The fourth-order valence-electron chi connectivity index (χ4n) is 2.02. The molecule has 6 nitrogen and oxygen atoms in total. The van der Waals surface area contributed by atoms with E-state index in [9.17, 15) is 9.59 Å². The van der Waals surface area contributed by atoms with Crippen LogP contribution in [-0.4, -0.2) is 50.3 Å². The zero-order valence-electron chi connectivity index (χ0n) is 16.6. The van der Waals surface area contributed by atoms with Gasteiger partial charge in [0.15, 0.2) is 0 Å². The molecule has 0 saturated heterocycles. The monoisotopic (exact) mass is 364 g/mol. The largest absolute Gasteiger partial charge is 0.377 e. The van der Waals surface area contributed by atoms with Gasteiger partial charge in [-0.3, -0.25) is 9.59 Å². The van der Waals surface area contributed by atoms with Gasteiger partial charge in [0.1, 0.15) is 0 Å². The van der Waals surface area contributed by atoms with Crippen molar-refractivity contribution in [3.8, 4) is 0 Å². The molecule has 0 radical (unpaired) electrons. The van der Waals surface area contributed by atoms with Crippen LogP contribution in [-0.2, 0) is 9.47 Å². The van der Waals surface area contributed by atoms with Crippen LogP contribution in [0.25, 0.3) is 0 Å². The van der Waals surface area contributed by atoms with Gasteiger partial charge >= 0.3 is 0 Å². The predicted octanol–water partition coefficient (Wildman–Crippen LogP) is 2.63. The van der Waals surface area contributed by atoms with E-state index in [1.54, 1.807) is 24.3 Å². The lowest BCUT2D eigenvalue weighted by molar-refractivity contribution is -0.0341. The lowest BCUT2D eigenvalue weighted by atomic mass is 10.1. The molecule has 6 heteroatoms. The highest BCUT2D eigenvalue weighted by Crippen LogP contribution is 2.06. The first-order valence-corrected chi connectivity index (χ1v) is 9.07. The average molecular weight is 364 g/mol. The van der Waals surface area contributed by atoms with Gasteiger partial charge in [-0.2, -0.15) is 0 Å². The van der Waals surface area contributed by atoms with Gasteiger partial charge in [0.2, 0.25) is 0 Å². The van der Waals surface area contributed by atoms with Gasteiger partial charge < -0.3 is 20.1 Å². The Kier molecular flexibility index (Phi) is 9.30. The summed E-state index contributed by atoms with van der Waals surface area (Å²) in [4.78, 5) is 24.0. The summed E-state index contributed by atoms with van der Waals surface area (Å²) in [5, 5.41) is 5.64. The van der Waals surface area contributed by atoms with Crippen molar-refractivity contribution in [1.82, 2.24) is 10.6 Å². The van der Waals surface area contributed by atoms with E-state index in [0.717, 1.165) is 0 Å². The Morgan fingerprint density at radius 2 is 1.46 bits per heavy atom. The minimum absolute atomic E-state index is 0.128. The van der Waals surface area contributed by atoms with Crippen LogP contribution in [0.1, 0.15) is 55.3 Å². The normalized spacial score (nSPS) is 11.5. The summed E-state index contributed by atoms with van der Waals surface area (Å²) in [5.41, 5.74) is 0.890. The third-order valence-corrected chi connectivity index (χ3v) is 3.37. The second kappa shape index (κ2) is 10.9. The molecule has 146 valence electrons. The Bertz CT molecular complexity index is 562. The van der Waals surface area contributed by atoms with Gasteiger partial charge in [0.05, 0.1) is 25.4 Å². The molecule has 26 heavy (non-hydrogen) atoms. The molecule has 0 aliphatic rings. The van der Waals surface area contributed by atoms with Crippen LogP contribution < -0.4 is 10.6 Å². The minimum atomic E-state index is -0.186. The van der Waals surface area contributed by atoms with E-state index < -0.39 is 0 Å². The Balaban J connectivity index is 2.27. The Labute approximate surface area is 156 Å². The predicted molar refractivity (Wildman–Crippen MR) is 102 cm³/mol. The highest BCUT2D eigenvalue weighted by Gasteiger charge is 2.10. The first-order valence-electron chi connectivity index (χ1n) is 9.07. The molecule has 0 heterocycles. The van der Waals surface area contributed by atoms with Gasteiger partial charge in [0.25, 0.3) is 11.8 Å². The van der Waals surface area contributed by atoms with Crippen molar-refractivity contribution in [2.45, 2.75) is 40.2 Å². The number of benzene rings is 1. The second-order valence-corrected chi connectivity index (χ2v) is 7.51. The number of hydrogen-bond acceptors (Lipinski definition) is 4. The quantitative estimate of drug-likeness (QED) is 0.626. The number of amides is 2. The minimum Gasteiger partial charge on any atom is -0.377 e. The molecule has 0 spiro atoms. The number of ether oxygens (including phenoxy) is 2. The summed E-state index contributed by atoms with van der Waals surface area (Å²) in [7, 11) is 0. The molecular formula is C20H32N2O4.